The Bertz CT molecular complexity index is 2110. The van der Waals surface area contributed by atoms with Crippen LogP contribution in [0.4, 0.5) is 0 Å². The van der Waals surface area contributed by atoms with E-state index in [4.69, 9.17) is 37.0 Å². The summed E-state index contributed by atoms with van der Waals surface area (Å²) in [7, 11) is -9.94. The Labute approximate surface area is 637 Å². The number of phosphoric acid groups is 2. The summed E-state index contributed by atoms with van der Waals surface area (Å²) in [6.07, 6.45) is 67.3. The molecule has 0 rings (SSSR count). The van der Waals surface area contributed by atoms with E-state index in [0.717, 1.165) is 120 Å². The fraction of sp³-hybridized carbons (Fsp3) is 0.906. The zero-order valence-electron chi connectivity index (χ0n) is 68.0. The number of unbranched alkanes of at least 4 members (excludes halogenated alkanes) is 45. The van der Waals surface area contributed by atoms with Crippen molar-refractivity contribution in [1.29, 1.82) is 0 Å². The van der Waals surface area contributed by atoms with Crippen molar-refractivity contribution in [3.8, 4) is 0 Å². The normalized spacial score (nSPS) is 14.3. The Kier molecular flexibility index (Phi) is 72.9. The lowest BCUT2D eigenvalue weighted by Crippen LogP contribution is -2.30. The van der Waals surface area contributed by atoms with Crippen LogP contribution in [0.2, 0.25) is 0 Å². The standard InChI is InChI=1S/C85H162O17P2/c1-8-10-11-12-13-14-15-16-20-28-33-38-47-54-61-68-85(90)102-81(73-96-83(88)67-60-53-46-41-40-44-51-58-65-78(7)9-2)75-100-104(93,94)98-71-79(86)70-97-103(91,92)99-74-80(72-95-82(87)66-59-52-45-37-32-27-24-19-22-26-31-36-43-50-57-64-77(5)6)101-84(89)69-62-55-48-39-34-29-23-18-17-21-25-30-35-42-49-56-63-76(3)4/h14-16,20,76-81,86H,8-13,17-19,21-75H2,1-7H3,(H,91,92)(H,93,94)/b15-14-,20-16-/t78?,79-,80-,81-/m1/s1. The Hall–Kier alpha value is -2.46. The maximum Gasteiger partial charge on any atom is 0.472 e. The molecule has 6 atom stereocenters. The molecule has 614 valence electrons. The number of carbonyl (C=O) groups excluding carboxylic acids is 4. The molecule has 3 unspecified atom stereocenters. The van der Waals surface area contributed by atoms with Crippen LogP contribution in [0.1, 0.15) is 421 Å². The third kappa shape index (κ3) is 76.3. The Morgan fingerprint density at radius 2 is 0.567 bits per heavy atom. The molecule has 0 aliphatic rings. The molecule has 0 heterocycles. The van der Waals surface area contributed by atoms with Crippen LogP contribution in [0.5, 0.6) is 0 Å². The first-order valence-corrected chi connectivity index (χ1v) is 46.2. The summed E-state index contributed by atoms with van der Waals surface area (Å²) >= 11 is 0. The molecule has 0 saturated heterocycles. The molecular formula is C85H162O17P2. The predicted molar refractivity (Wildman–Crippen MR) is 427 cm³/mol. The summed E-state index contributed by atoms with van der Waals surface area (Å²) in [5.74, 6) is 0.251. The molecule has 0 aromatic carbocycles. The average Bonchev–Trinajstić information content (AvgIpc) is 0.906. The van der Waals surface area contributed by atoms with Gasteiger partial charge in [-0.2, -0.15) is 0 Å². The number of carbonyl (C=O) groups is 4. The molecule has 104 heavy (non-hydrogen) atoms. The van der Waals surface area contributed by atoms with Gasteiger partial charge in [-0.25, -0.2) is 9.13 Å². The van der Waals surface area contributed by atoms with Gasteiger partial charge in [0.2, 0.25) is 0 Å². The Morgan fingerprint density at radius 3 is 0.856 bits per heavy atom. The van der Waals surface area contributed by atoms with Gasteiger partial charge in [-0.1, -0.05) is 368 Å². The highest BCUT2D eigenvalue weighted by molar-refractivity contribution is 7.47. The Morgan fingerprint density at radius 1 is 0.317 bits per heavy atom. The lowest BCUT2D eigenvalue weighted by molar-refractivity contribution is -0.161. The number of allylic oxidation sites excluding steroid dienone is 4. The molecule has 3 N–H and O–H groups in total. The molecule has 0 radical (unpaired) electrons. The van der Waals surface area contributed by atoms with E-state index in [-0.39, 0.29) is 25.7 Å². The number of esters is 4. The quantitative estimate of drug-likeness (QED) is 0.0169. The molecule has 0 aliphatic carbocycles. The lowest BCUT2D eigenvalue weighted by atomic mass is 9.99. The minimum atomic E-state index is -4.97. The van der Waals surface area contributed by atoms with E-state index in [9.17, 15) is 43.2 Å². The number of aliphatic hydroxyl groups excluding tert-OH is 1. The second-order valence-electron chi connectivity index (χ2n) is 31.1. The monoisotopic (exact) mass is 1520 g/mol. The van der Waals surface area contributed by atoms with Gasteiger partial charge in [0.15, 0.2) is 12.2 Å². The predicted octanol–water partition coefficient (Wildman–Crippen LogP) is 25.3. The van der Waals surface area contributed by atoms with E-state index in [2.05, 4.69) is 72.8 Å². The van der Waals surface area contributed by atoms with Crippen molar-refractivity contribution >= 4 is 39.5 Å². The maximum absolute atomic E-state index is 13.1. The second kappa shape index (κ2) is 74.6. The summed E-state index contributed by atoms with van der Waals surface area (Å²) in [5, 5.41) is 10.7. The average molecular weight is 1520 g/mol. The zero-order valence-corrected chi connectivity index (χ0v) is 69.8. The SMILES string of the molecule is CCCCCC/C=C\C=C/CCCCCCCC(=O)O[C@H](COC(=O)CCCCCCCCCCC(C)CC)COP(=O)(O)OC[C@H](O)COP(=O)(O)OC[C@@H](COC(=O)CCCCCCCCCCCCCCCCCC(C)C)OC(=O)CCCCCCCCCCCCCCCCCCC(C)C. The highest BCUT2D eigenvalue weighted by Crippen LogP contribution is 2.45. The van der Waals surface area contributed by atoms with Crippen molar-refractivity contribution in [2.24, 2.45) is 17.8 Å². The molecule has 0 aromatic rings. The third-order valence-corrected chi connectivity index (χ3v) is 21.5. The number of aliphatic hydroxyl groups is 1. The van der Waals surface area contributed by atoms with E-state index in [1.165, 1.54) is 218 Å². The molecule has 17 nitrogen and oxygen atoms in total. The minimum Gasteiger partial charge on any atom is -0.462 e. The van der Waals surface area contributed by atoms with E-state index < -0.39 is 97.5 Å². The fourth-order valence-corrected chi connectivity index (χ4v) is 14.2. The van der Waals surface area contributed by atoms with Crippen molar-refractivity contribution < 1.29 is 80.2 Å². The first-order chi connectivity index (χ1) is 50.3. The first-order valence-electron chi connectivity index (χ1n) is 43.2. The molecule has 19 heteroatoms. The Balaban J connectivity index is 5.29. The molecule has 0 saturated carbocycles. The number of hydrogen-bond donors (Lipinski definition) is 3. The summed E-state index contributed by atoms with van der Waals surface area (Å²) in [6, 6.07) is 0. The van der Waals surface area contributed by atoms with Gasteiger partial charge in [0.05, 0.1) is 26.4 Å². The van der Waals surface area contributed by atoms with Crippen molar-refractivity contribution in [3.05, 3.63) is 24.3 Å². The third-order valence-electron chi connectivity index (χ3n) is 19.6. The van der Waals surface area contributed by atoms with E-state index in [1.54, 1.807) is 0 Å². The number of hydrogen-bond acceptors (Lipinski definition) is 15. The van der Waals surface area contributed by atoms with E-state index in [0.29, 0.717) is 25.7 Å². The summed E-state index contributed by atoms with van der Waals surface area (Å²) < 4.78 is 68.8. The van der Waals surface area contributed by atoms with Crippen LogP contribution in [-0.2, 0) is 65.4 Å². The van der Waals surface area contributed by atoms with Crippen LogP contribution >= 0.6 is 15.6 Å². The smallest absolute Gasteiger partial charge is 0.462 e. The van der Waals surface area contributed by atoms with Crippen molar-refractivity contribution in [2.45, 2.75) is 439 Å². The van der Waals surface area contributed by atoms with Gasteiger partial charge in [0.25, 0.3) is 0 Å². The van der Waals surface area contributed by atoms with Gasteiger partial charge >= 0.3 is 39.5 Å². The zero-order chi connectivity index (χ0) is 76.5. The highest BCUT2D eigenvalue weighted by atomic mass is 31.2. The van der Waals surface area contributed by atoms with Gasteiger partial charge in [-0.3, -0.25) is 37.3 Å². The fourth-order valence-electron chi connectivity index (χ4n) is 12.6. The number of phosphoric ester groups is 2. The van der Waals surface area contributed by atoms with Gasteiger partial charge in [-0.05, 0) is 69.1 Å². The molecule has 0 amide bonds. The molecule has 0 bridgehead atoms. The van der Waals surface area contributed by atoms with Crippen molar-refractivity contribution in [1.82, 2.24) is 0 Å². The van der Waals surface area contributed by atoms with E-state index in [1.807, 2.05) is 0 Å². The van der Waals surface area contributed by atoms with Crippen LogP contribution in [0.25, 0.3) is 0 Å². The van der Waals surface area contributed by atoms with Crippen LogP contribution in [0.3, 0.4) is 0 Å². The largest absolute Gasteiger partial charge is 0.472 e. The molecule has 0 spiro atoms. The minimum absolute atomic E-state index is 0.0846. The topological polar surface area (TPSA) is 237 Å². The molecular weight excluding hydrogens is 1350 g/mol. The van der Waals surface area contributed by atoms with Crippen LogP contribution < -0.4 is 0 Å². The van der Waals surface area contributed by atoms with Crippen molar-refractivity contribution in [2.75, 3.05) is 39.6 Å². The van der Waals surface area contributed by atoms with Crippen LogP contribution in [-0.4, -0.2) is 96.7 Å². The van der Waals surface area contributed by atoms with Gasteiger partial charge in [0.1, 0.15) is 19.3 Å². The van der Waals surface area contributed by atoms with Crippen molar-refractivity contribution in [3.63, 3.8) is 0 Å². The van der Waals surface area contributed by atoms with Gasteiger partial charge in [-0.15, -0.1) is 0 Å². The molecule has 0 fully saturated rings. The first kappa shape index (κ1) is 102. The van der Waals surface area contributed by atoms with E-state index >= 15 is 0 Å². The number of ether oxygens (including phenoxy) is 4. The maximum atomic E-state index is 13.1. The molecule has 0 aliphatic heterocycles. The number of rotatable bonds is 81. The van der Waals surface area contributed by atoms with Crippen LogP contribution in [0.15, 0.2) is 24.3 Å². The lowest BCUT2D eigenvalue weighted by Gasteiger charge is -2.21. The van der Waals surface area contributed by atoms with Crippen LogP contribution in [0, 0.1) is 17.8 Å². The highest BCUT2D eigenvalue weighted by Gasteiger charge is 2.30. The van der Waals surface area contributed by atoms with Gasteiger partial charge in [0, 0.05) is 25.7 Å². The van der Waals surface area contributed by atoms with Gasteiger partial charge < -0.3 is 33.8 Å². The summed E-state index contributed by atoms with van der Waals surface area (Å²) in [4.78, 5) is 73.2. The summed E-state index contributed by atoms with van der Waals surface area (Å²) in [5.41, 5.74) is 0. The summed E-state index contributed by atoms with van der Waals surface area (Å²) in [6.45, 7) is 12.0. The second-order valence-corrected chi connectivity index (χ2v) is 34.0. The molecule has 0 aromatic heterocycles.